The third-order valence-corrected chi connectivity index (χ3v) is 3.58. The molecule has 0 N–H and O–H groups in total. The maximum Gasteiger partial charge on any atom is 0.420 e. The third kappa shape index (κ3) is 11.7. The van der Waals surface area contributed by atoms with Crippen LogP contribution in [0.1, 0.15) is 90.0 Å². The van der Waals surface area contributed by atoms with Gasteiger partial charge in [0.15, 0.2) is 0 Å². The molecule has 12 heteroatoms. The van der Waals surface area contributed by atoms with Crippen molar-refractivity contribution in [2.45, 2.75) is 125 Å². The van der Waals surface area contributed by atoms with E-state index in [9.17, 15) is 24.0 Å². The molecule has 36 heavy (non-hydrogen) atoms. The SMILES string of the molecule is C[C@@H](C(=O)N(C(=O)OC(C)(C)C)[C@@H](F)C(=O)OC(C)(C)C)N(C(=O)OC(C)(C)C)C(=O)OC(C)(C)C. The standard InChI is InChI=1S/C24H41FN2O9/c1-14(26(18(30)34-22(5,6)7)19(31)35-23(8,9)10)16(28)27(20(32)36-24(11,12)13)15(25)17(29)33-21(2,3)4/h14-15H,1-13H3/t14-,15+/m0/s1. The quantitative estimate of drug-likeness (QED) is 0.287. The molecule has 0 bridgehead atoms. The lowest BCUT2D eigenvalue weighted by Gasteiger charge is -2.34. The van der Waals surface area contributed by atoms with Crippen LogP contribution in [-0.4, -0.2) is 74.7 Å². The number of hydrogen-bond acceptors (Lipinski definition) is 9. The highest BCUT2D eigenvalue weighted by molar-refractivity contribution is 6.02. The van der Waals surface area contributed by atoms with Crippen LogP contribution in [0, 0.1) is 0 Å². The Labute approximate surface area is 212 Å². The zero-order valence-corrected chi connectivity index (χ0v) is 23.6. The summed E-state index contributed by atoms with van der Waals surface area (Å²) in [6.07, 6.45) is -7.02. The molecule has 0 heterocycles. The summed E-state index contributed by atoms with van der Waals surface area (Å²) >= 11 is 0. The van der Waals surface area contributed by atoms with Gasteiger partial charge in [-0.2, -0.15) is 4.90 Å². The van der Waals surface area contributed by atoms with Crippen molar-refractivity contribution >= 4 is 30.2 Å². The number of carbonyl (C=O) groups is 5. The van der Waals surface area contributed by atoms with Gasteiger partial charge in [0.1, 0.15) is 28.4 Å². The van der Waals surface area contributed by atoms with E-state index in [1.54, 1.807) is 0 Å². The van der Waals surface area contributed by atoms with Crippen LogP contribution in [0.5, 0.6) is 0 Å². The van der Waals surface area contributed by atoms with Gasteiger partial charge in [-0.3, -0.25) is 4.79 Å². The number of imide groups is 2. The molecule has 0 saturated heterocycles. The molecule has 0 aromatic carbocycles. The minimum atomic E-state index is -2.94. The van der Waals surface area contributed by atoms with Crippen LogP contribution < -0.4 is 0 Å². The molecule has 0 aliphatic carbocycles. The third-order valence-electron chi connectivity index (χ3n) is 3.58. The molecule has 4 amide bonds. The number of rotatable bonds is 4. The van der Waals surface area contributed by atoms with Crippen LogP contribution in [-0.2, 0) is 28.5 Å². The minimum absolute atomic E-state index is 0.133. The molecule has 0 aliphatic rings. The van der Waals surface area contributed by atoms with Crippen LogP contribution in [0.15, 0.2) is 0 Å². The van der Waals surface area contributed by atoms with Gasteiger partial charge in [0.05, 0.1) is 0 Å². The van der Waals surface area contributed by atoms with Crippen LogP contribution in [0.4, 0.5) is 18.8 Å². The number of carbonyl (C=O) groups excluding carboxylic acids is 5. The smallest absolute Gasteiger partial charge is 0.420 e. The molecule has 0 aromatic heterocycles. The first kappa shape index (κ1) is 33.1. The number of hydrogen-bond donors (Lipinski definition) is 0. The highest BCUT2D eigenvalue weighted by atomic mass is 19.1. The summed E-state index contributed by atoms with van der Waals surface area (Å²) in [6, 6.07) is -1.84. The Bertz CT molecular complexity index is 818. The second-order valence-electron chi connectivity index (χ2n) is 12.1. The lowest BCUT2D eigenvalue weighted by atomic mass is 10.2. The van der Waals surface area contributed by atoms with Crippen molar-refractivity contribution in [1.29, 1.82) is 0 Å². The number of nitrogens with zero attached hydrogens (tertiary/aromatic N) is 2. The maximum atomic E-state index is 15.3. The Morgan fingerprint density at radius 2 is 0.833 bits per heavy atom. The van der Waals surface area contributed by atoms with Crippen LogP contribution in [0.3, 0.4) is 0 Å². The molecule has 0 fully saturated rings. The second kappa shape index (κ2) is 11.4. The fraction of sp³-hybridized carbons (Fsp3) is 0.792. The number of halogens is 1. The predicted molar refractivity (Wildman–Crippen MR) is 128 cm³/mol. The molecular formula is C24H41FN2O9. The normalized spacial score (nSPS) is 14.2. The van der Waals surface area contributed by atoms with Gasteiger partial charge in [-0.15, -0.1) is 0 Å². The van der Waals surface area contributed by atoms with Gasteiger partial charge in [-0.1, -0.05) is 0 Å². The Morgan fingerprint density at radius 1 is 0.556 bits per heavy atom. The second-order valence-corrected chi connectivity index (χ2v) is 12.1. The van der Waals surface area contributed by atoms with Crippen LogP contribution in [0.25, 0.3) is 0 Å². The summed E-state index contributed by atoms with van der Waals surface area (Å²) in [5.74, 6) is -2.99. The van der Waals surface area contributed by atoms with Crippen LogP contribution in [0.2, 0.25) is 0 Å². The summed E-state index contributed by atoms with van der Waals surface area (Å²) in [6.45, 7) is 19.0. The Balaban J connectivity index is 6.50. The van der Waals surface area contributed by atoms with Crippen LogP contribution >= 0.6 is 0 Å². The number of alkyl halides is 1. The molecule has 0 saturated carbocycles. The molecule has 2 atom stereocenters. The summed E-state index contributed by atoms with van der Waals surface area (Å²) in [5.41, 5.74) is -4.48. The molecule has 0 spiro atoms. The molecule has 0 rings (SSSR count). The van der Waals surface area contributed by atoms with E-state index < -0.39 is 64.9 Å². The van der Waals surface area contributed by atoms with Crippen molar-refractivity contribution in [3.8, 4) is 0 Å². The molecule has 208 valence electrons. The van der Waals surface area contributed by atoms with Gasteiger partial charge >= 0.3 is 24.2 Å². The first-order valence-corrected chi connectivity index (χ1v) is 11.4. The molecule has 0 aromatic rings. The molecule has 0 aliphatic heterocycles. The zero-order valence-electron chi connectivity index (χ0n) is 23.6. The van der Waals surface area contributed by atoms with E-state index in [0.29, 0.717) is 4.90 Å². The van der Waals surface area contributed by atoms with E-state index in [1.807, 2.05) is 0 Å². The Hall–Kier alpha value is -2.92. The van der Waals surface area contributed by atoms with Crippen molar-refractivity contribution in [3.05, 3.63) is 0 Å². The minimum Gasteiger partial charge on any atom is -0.456 e. The molecule has 0 unspecified atom stereocenters. The van der Waals surface area contributed by atoms with Gasteiger partial charge in [-0.05, 0) is 90.0 Å². The van der Waals surface area contributed by atoms with Gasteiger partial charge in [-0.25, -0.2) is 28.5 Å². The average Bonchev–Trinajstić information content (AvgIpc) is 2.55. The fourth-order valence-electron chi connectivity index (χ4n) is 2.39. The highest BCUT2D eigenvalue weighted by Crippen LogP contribution is 2.22. The zero-order chi connectivity index (χ0) is 29.0. The van der Waals surface area contributed by atoms with Crippen molar-refractivity contribution in [2.75, 3.05) is 0 Å². The van der Waals surface area contributed by atoms with Gasteiger partial charge in [0, 0.05) is 0 Å². The first-order valence-electron chi connectivity index (χ1n) is 11.4. The highest BCUT2D eigenvalue weighted by Gasteiger charge is 2.46. The van der Waals surface area contributed by atoms with Crippen molar-refractivity contribution < 1.29 is 47.3 Å². The largest absolute Gasteiger partial charge is 0.456 e. The number of amides is 4. The summed E-state index contributed by atoms with van der Waals surface area (Å²) in [7, 11) is 0. The fourth-order valence-corrected chi connectivity index (χ4v) is 2.39. The topological polar surface area (TPSA) is 129 Å². The molecule has 11 nitrogen and oxygen atoms in total. The van der Waals surface area contributed by atoms with Gasteiger partial charge < -0.3 is 18.9 Å². The summed E-state index contributed by atoms with van der Waals surface area (Å²) in [5, 5.41) is 0. The number of ether oxygens (including phenoxy) is 4. The summed E-state index contributed by atoms with van der Waals surface area (Å²) in [4.78, 5) is 64.5. The monoisotopic (exact) mass is 520 g/mol. The van der Waals surface area contributed by atoms with E-state index in [-0.39, 0.29) is 4.90 Å². The lowest BCUT2D eigenvalue weighted by Crippen LogP contribution is -2.58. The Kier molecular flexibility index (Phi) is 10.5. The van der Waals surface area contributed by atoms with E-state index in [1.165, 1.54) is 83.1 Å². The van der Waals surface area contributed by atoms with E-state index in [0.717, 1.165) is 6.92 Å². The Morgan fingerprint density at radius 3 is 1.11 bits per heavy atom. The maximum absolute atomic E-state index is 15.3. The van der Waals surface area contributed by atoms with E-state index in [4.69, 9.17) is 18.9 Å². The molecular weight excluding hydrogens is 479 g/mol. The van der Waals surface area contributed by atoms with E-state index in [2.05, 4.69) is 0 Å². The van der Waals surface area contributed by atoms with E-state index >= 15 is 4.39 Å². The average molecular weight is 521 g/mol. The first-order chi connectivity index (χ1) is 15.8. The summed E-state index contributed by atoms with van der Waals surface area (Å²) < 4.78 is 35.8. The van der Waals surface area contributed by atoms with Gasteiger partial charge in [0.2, 0.25) is 0 Å². The molecule has 0 radical (unpaired) electrons. The predicted octanol–water partition coefficient (Wildman–Crippen LogP) is 4.95. The van der Waals surface area contributed by atoms with Gasteiger partial charge in [0.25, 0.3) is 12.2 Å². The lowest BCUT2D eigenvalue weighted by molar-refractivity contribution is -0.172. The van der Waals surface area contributed by atoms with Crippen molar-refractivity contribution in [1.82, 2.24) is 9.80 Å². The van der Waals surface area contributed by atoms with Crippen molar-refractivity contribution in [2.24, 2.45) is 0 Å². The van der Waals surface area contributed by atoms with Crippen molar-refractivity contribution in [3.63, 3.8) is 0 Å². The number of esters is 1.